The van der Waals surface area contributed by atoms with Crippen LogP contribution in [0.25, 0.3) is 10.9 Å². The van der Waals surface area contributed by atoms with E-state index in [0.717, 1.165) is 22.0 Å². The van der Waals surface area contributed by atoms with Gasteiger partial charge in [-0.05, 0) is 42.2 Å². The quantitative estimate of drug-likeness (QED) is 0.194. The molecule has 0 saturated carbocycles. The fraction of sp³-hybridized carbons (Fsp3) is 0.312. The fourth-order valence-corrected chi connectivity index (χ4v) is 4.69. The van der Waals surface area contributed by atoms with Gasteiger partial charge in [0.1, 0.15) is 23.9 Å². The standard InChI is InChI=1S/C32H37FN4O5/c1-40-16-6-14-37(32(39)35-26-17-27(41-2)19-28(18-26)42-3)22-31(38)36(21-23-9-11-25(33)12-10-23)15-13-24-20-34-30-8-5-4-7-29(24)30/h4-5,7-12,17-20,34H,6,13-16,21-22H2,1-3H3,(H,35,39). The van der Waals surface area contributed by atoms with Crippen molar-refractivity contribution in [3.63, 3.8) is 0 Å². The van der Waals surface area contributed by atoms with Crippen LogP contribution in [-0.4, -0.2) is 74.3 Å². The molecule has 4 rings (SSSR count). The van der Waals surface area contributed by atoms with Crippen molar-refractivity contribution in [2.75, 3.05) is 52.9 Å². The summed E-state index contributed by atoms with van der Waals surface area (Å²) in [6, 6.07) is 18.7. The van der Waals surface area contributed by atoms with Crippen LogP contribution in [0.3, 0.4) is 0 Å². The number of halogens is 1. The van der Waals surface area contributed by atoms with Crippen LogP contribution in [0.1, 0.15) is 17.5 Å². The number of carbonyl (C=O) groups excluding carboxylic acids is 2. The Hall–Kier alpha value is -4.57. The summed E-state index contributed by atoms with van der Waals surface area (Å²) in [5.41, 5.74) is 3.38. The number of hydrogen-bond acceptors (Lipinski definition) is 5. The van der Waals surface area contributed by atoms with E-state index in [1.807, 2.05) is 30.5 Å². The first-order valence-electron chi connectivity index (χ1n) is 13.7. The summed E-state index contributed by atoms with van der Waals surface area (Å²) in [4.78, 5) is 33.7. The first-order chi connectivity index (χ1) is 20.4. The van der Waals surface area contributed by atoms with Crippen molar-refractivity contribution >= 4 is 28.5 Å². The van der Waals surface area contributed by atoms with E-state index in [9.17, 15) is 14.0 Å². The van der Waals surface area contributed by atoms with Crippen LogP contribution < -0.4 is 14.8 Å². The predicted molar refractivity (Wildman–Crippen MR) is 160 cm³/mol. The Morgan fingerprint density at radius 1 is 0.905 bits per heavy atom. The number of amides is 3. The van der Waals surface area contributed by atoms with E-state index >= 15 is 0 Å². The van der Waals surface area contributed by atoms with Crippen molar-refractivity contribution in [1.82, 2.24) is 14.8 Å². The Bertz CT molecular complexity index is 1450. The number of hydrogen-bond donors (Lipinski definition) is 2. The molecule has 4 aromatic rings. The molecular weight excluding hydrogens is 539 g/mol. The van der Waals surface area contributed by atoms with E-state index in [0.29, 0.717) is 49.7 Å². The molecule has 0 atom stereocenters. The molecule has 9 nitrogen and oxygen atoms in total. The third-order valence-corrected chi connectivity index (χ3v) is 6.96. The zero-order valence-electron chi connectivity index (χ0n) is 24.2. The van der Waals surface area contributed by atoms with Crippen LogP contribution in [-0.2, 0) is 22.5 Å². The molecule has 0 radical (unpaired) electrons. The smallest absolute Gasteiger partial charge is 0.322 e. The molecule has 0 aliphatic carbocycles. The molecule has 1 aromatic heterocycles. The molecule has 0 aliphatic heterocycles. The molecule has 0 saturated heterocycles. The van der Waals surface area contributed by atoms with Gasteiger partial charge in [0.2, 0.25) is 5.91 Å². The maximum Gasteiger partial charge on any atom is 0.322 e. The molecule has 0 unspecified atom stereocenters. The van der Waals surface area contributed by atoms with Gasteiger partial charge in [0.05, 0.1) is 14.2 Å². The predicted octanol–water partition coefficient (Wildman–Crippen LogP) is 5.47. The zero-order valence-corrected chi connectivity index (χ0v) is 24.2. The Balaban J connectivity index is 1.53. The van der Waals surface area contributed by atoms with Gasteiger partial charge >= 0.3 is 6.03 Å². The van der Waals surface area contributed by atoms with E-state index in [-0.39, 0.29) is 24.8 Å². The van der Waals surface area contributed by atoms with Crippen molar-refractivity contribution < 1.29 is 28.2 Å². The van der Waals surface area contributed by atoms with Gasteiger partial charge in [0.25, 0.3) is 0 Å². The largest absolute Gasteiger partial charge is 0.497 e. The molecular formula is C32H37FN4O5. The number of rotatable bonds is 14. The highest BCUT2D eigenvalue weighted by molar-refractivity contribution is 5.93. The van der Waals surface area contributed by atoms with Gasteiger partial charge in [0, 0.05) is 74.3 Å². The molecule has 0 aliphatic rings. The average Bonchev–Trinajstić information content (AvgIpc) is 3.42. The summed E-state index contributed by atoms with van der Waals surface area (Å²) in [6.45, 7) is 1.29. The van der Waals surface area contributed by atoms with Gasteiger partial charge in [0.15, 0.2) is 0 Å². The molecule has 2 N–H and O–H groups in total. The zero-order chi connectivity index (χ0) is 29.9. The molecule has 3 aromatic carbocycles. The lowest BCUT2D eigenvalue weighted by molar-refractivity contribution is -0.132. The molecule has 10 heteroatoms. The van der Waals surface area contributed by atoms with E-state index in [2.05, 4.69) is 10.3 Å². The summed E-state index contributed by atoms with van der Waals surface area (Å²) >= 11 is 0. The minimum absolute atomic E-state index is 0.147. The van der Waals surface area contributed by atoms with E-state index in [1.165, 1.54) is 31.3 Å². The summed E-state index contributed by atoms with van der Waals surface area (Å²) < 4.78 is 29.4. The summed E-state index contributed by atoms with van der Waals surface area (Å²) in [6.07, 6.45) is 3.11. The normalized spacial score (nSPS) is 10.9. The maximum atomic E-state index is 13.8. The molecule has 0 fully saturated rings. The molecule has 3 amide bonds. The number of fused-ring (bicyclic) bond motifs is 1. The number of aromatic nitrogens is 1. The third-order valence-electron chi connectivity index (χ3n) is 6.96. The third kappa shape index (κ3) is 8.23. The highest BCUT2D eigenvalue weighted by Crippen LogP contribution is 2.26. The number of nitrogens with one attached hydrogen (secondary N) is 2. The van der Waals surface area contributed by atoms with E-state index in [1.54, 1.807) is 42.3 Å². The summed E-state index contributed by atoms with van der Waals surface area (Å²) in [7, 11) is 4.65. The molecule has 42 heavy (non-hydrogen) atoms. The molecule has 222 valence electrons. The topological polar surface area (TPSA) is 96.1 Å². The van der Waals surface area contributed by atoms with Gasteiger partial charge in [-0.1, -0.05) is 30.3 Å². The summed E-state index contributed by atoms with van der Waals surface area (Å²) in [5.74, 6) is 0.476. The van der Waals surface area contributed by atoms with Crippen LogP contribution in [0.5, 0.6) is 11.5 Å². The number of methoxy groups -OCH3 is 3. The lowest BCUT2D eigenvalue weighted by Crippen LogP contribution is -2.45. The van der Waals surface area contributed by atoms with Crippen LogP contribution in [0.2, 0.25) is 0 Å². The fourth-order valence-electron chi connectivity index (χ4n) is 4.69. The SMILES string of the molecule is COCCCN(CC(=O)N(CCc1c[nH]c2ccccc12)Cc1ccc(F)cc1)C(=O)Nc1cc(OC)cc(OC)c1. The maximum absolute atomic E-state index is 13.8. The van der Waals surface area contributed by atoms with Gasteiger partial charge in [-0.25, -0.2) is 9.18 Å². The Labute approximate surface area is 245 Å². The van der Waals surface area contributed by atoms with Crippen molar-refractivity contribution in [3.05, 3.63) is 89.9 Å². The lowest BCUT2D eigenvalue weighted by atomic mass is 10.1. The second kappa shape index (κ2) is 14.9. The second-order valence-corrected chi connectivity index (χ2v) is 9.85. The van der Waals surface area contributed by atoms with Crippen molar-refractivity contribution in [2.24, 2.45) is 0 Å². The number of carbonyl (C=O) groups is 2. The number of ether oxygens (including phenoxy) is 3. The van der Waals surface area contributed by atoms with Gasteiger partial charge in [-0.3, -0.25) is 4.79 Å². The lowest BCUT2D eigenvalue weighted by Gasteiger charge is -2.28. The van der Waals surface area contributed by atoms with Crippen LogP contribution >= 0.6 is 0 Å². The molecule has 0 spiro atoms. The van der Waals surface area contributed by atoms with Crippen LogP contribution in [0, 0.1) is 5.82 Å². The minimum atomic E-state index is -0.437. The van der Waals surface area contributed by atoms with E-state index in [4.69, 9.17) is 14.2 Å². The number of para-hydroxylation sites is 1. The van der Waals surface area contributed by atoms with Crippen molar-refractivity contribution in [2.45, 2.75) is 19.4 Å². The number of aromatic amines is 1. The van der Waals surface area contributed by atoms with Crippen molar-refractivity contribution in [3.8, 4) is 11.5 Å². The first-order valence-corrected chi connectivity index (χ1v) is 13.7. The Morgan fingerprint density at radius 2 is 1.62 bits per heavy atom. The van der Waals surface area contributed by atoms with Gasteiger partial charge in [-0.15, -0.1) is 0 Å². The highest BCUT2D eigenvalue weighted by Gasteiger charge is 2.22. The minimum Gasteiger partial charge on any atom is -0.497 e. The monoisotopic (exact) mass is 576 g/mol. The number of anilines is 1. The Kier molecular flexibility index (Phi) is 10.8. The van der Waals surface area contributed by atoms with Gasteiger partial charge < -0.3 is 34.3 Å². The Morgan fingerprint density at radius 3 is 2.31 bits per heavy atom. The number of nitrogens with zero attached hydrogens (tertiary/aromatic N) is 2. The summed E-state index contributed by atoms with van der Waals surface area (Å²) in [5, 5.41) is 3.96. The van der Waals surface area contributed by atoms with Crippen LogP contribution in [0.15, 0.2) is 72.9 Å². The van der Waals surface area contributed by atoms with Crippen LogP contribution in [0.4, 0.5) is 14.9 Å². The van der Waals surface area contributed by atoms with E-state index < -0.39 is 6.03 Å². The number of H-pyrrole nitrogens is 1. The first kappa shape index (κ1) is 30.4. The molecule has 0 bridgehead atoms. The van der Waals surface area contributed by atoms with Crippen molar-refractivity contribution in [1.29, 1.82) is 0 Å². The number of benzene rings is 3. The number of urea groups is 1. The average molecular weight is 577 g/mol. The second-order valence-electron chi connectivity index (χ2n) is 9.85. The highest BCUT2D eigenvalue weighted by atomic mass is 19.1. The van der Waals surface area contributed by atoms with Gasteiger partial charge in [-0.2, -0.15) is 0 Å². The molecule has 1 heterocycles.